The van der Waals surface area contributed by atoms with Crippen LogP contribution in [0.2, 0.25) is 0 Å². The van der Waals surface area contributed by atoms with Crippen molar-refractivity contribution >= 4 is 5.91 Å². The Morgan fingerprint density at radius 1 is 1.30 bits per heavy atom. The van der Waals surface area contributed by atoms with Crippen molar-refractivity contribution in [3.63, 3.8) is 0 Å². The summed E-state index contributed by atoms with van der Waals surface area (Å²) in [6, 6.07) is 9.57. The molecule has 2 aromatic rings. The first-order valence-corrected chi connectivity index (χ1v) is 6.54. The average Bonchev–Trinajstić information content (AvgIpc) is 2.52. The third kappa shape index (κ3) is 3.78. The predicted octanol–water partition coefficient (Wildman–Crippen LogP) is 1.92. The molecular formula is C15H21N3O2. The van der Waals surface area contributed by atoms with Gasteiger partial charge in [-0.15, -0.1) is 0 Å². The van der Waals surface area contributed by atoms with Crippen LogP contribution in [0.5, 0.6) is 0 Å². The summed E-state index contributed by atoms with van der Waals surface area (Å²) in [5.74, 6) is -0.470. The van der Waals surface area contributed by atoms with Crippen molar-refractivity contribution in [1.82, 2.24) is 14.9 Å². The molecule has 2 rings (SSSR count). The van der Waals surface area contributed by atoms with Gasteiger partial charge in [0.05, 0.1) is 6.54 Å². The van der Waals surface area contributed by atoms with E-state index in [0.717, 1.165) is 5.56 Å². The van der Waals surface area contributed by atoms with E-state index in [4.69, 9.17) is 0 Å². The van der Waals surface area contributed by atoms with E-state index in [1.165, 1.54) is 17.8 Å². The maximum atomic E-state index is 12.0. The molecule has 0 atom stereocenters. The van der Waals surface area contributed by atoms with Crippen molar-refractivity contribution in [2.45, 2.75) is 20.4 Å². The molecule has 20 heavy (non-hydrogen) atoms. The lowest BCUT2D eigenvalue weighted by atomic mass is 10.2. The van der Waals surface area contributed by atoms with Crippen LogP contribution in [0.25, 0.3) is 0 Å². The molecule has 0 saturated carbocycles. The largest absolute Gasteiger partial charge is 0.354 e. The molecule has 0 fully saturated rings. The van der Waals surface area contributed by atoms with Gasteiger partial charge in [0.1, 0.15) is 0 Å². The van der Waals surface area contributed by atoms with E-state index in [2.05, 4.69) is 10.3 Å². The fourth-order valence-electron chi connectivity index (χ4n) is 1.63. The quantitative estimate of drug-likeness (QED) is 0.930. The Morgan fingerprint density at radius 3 is 2.55 bits per heavy atom. The number of amides is 1. The fraction of sp³-hybridized carbons (Fsp3) is 0.267. The molecule has 1 aromatic heterocycles. The van der Waals surface area contributed by atoms with Crippen LogP contribution in [-0.4, -0.2) is 22.5 Å². The number of benzene rings is 1. The first kappa shape index (κ1) is 15.6. The molecule has 0 saturated heterocycles. The molecule has 108 valence electrons. The average molecular weight is 275 g/mol. The first-order chi connectivity index (χ1) is 9.72. The maximum Gasteiger partial charge on any atom is 0.282 e. The Hall–Kier alpha value is -2.43. The number of nitrogens with zero attached hydrogens (tertiary/aromatic N) is 2. The number of rotatable bonds is 3. The van der Waals surface area contributed by atoms with Gasteiger partial charge in [-0.1, -0.05) is 44.2 Å². The van der Waals surface area contributed by atoms with E-state index >= 15 is 0 Å². The summed E-state index contributed by atoms with van der Waals surface area (Å²) in [5, 5.41) is 2.40. The number of nitrogens with one attached hydrogen (secondary N) is 1. The van der Waals surface area contributed by atoms with Crippen LogP contribution in [0.15, 0.2) is 47.5 Å². The highest BCUT2D eigenvalue weighted by Gasteiger charge is 2.11. The number of hydrogen-bond acceptors (Lipinski definition) is 3. The predicted molar refractivity (Wildman–Crippen MR) is 80.9 cm³/mol. The minimum absolute atomic E-state index is 0. The summed E-state index contributed by atoms with van der Waals surface area (Å²) in [7, 11) is 1.47. The van der Waals surface area contributed by atoms with Gasteiger partial charge >= 0.3 is 0 Å². The second-order valence-electron chi connectivity index (χ2n) is 3.77. The highest BCUT2D eigenvalue weighted by Crippen LogP contribution is 2.00. The molecule has 1 aromatic carbocycles. The number of carbonyl (C=O) groups excluding carboxylic acids is 1. The van der Waals surface area contributed by atoms with Crippen molar-refractivity contribution in [1.29, 1.82) is 0 Å². The van der Waals surface area contributed by atoms with Crippen molar-refractivity contribution in [2.75, 3.05) is 7.05 Å². The zero-order chi connectivity index (χ0) is 15.0. The van der Waals surface area contributed by atoms with Crippen LogP contribution in [0.3, 0.4) is 0 Å². The molecule has 0 aliphatic carbocycles. The Balaban J connectivity index is 0.00000128. The second kappa shape index (κ2) is 7.89. The van der Waals surface area contributed by atoms with Crippen LogP contribution in [0.1, 0.15) is 31.3 Å². The van der Waals surface area contributed by atoms with Gasteiger partial charge in [0.2, 0.25) is 0 Å². The van der Waals surface area contributed by atoms with Gasteiger partial charge in [0.25, 0.3) is 11.5 Å². The van der Waals surface area contributed by atoms with Crippen LogP contribution >= 0.6 is 0 Å². The summed E-state index contributed by atoms with van der Waals surface area (Å²) in [6.07, 6.45) is 3.02. The molecule has 1 N–H and O–H groups in total. The molecule has 5 nitrogen and oxygen atoms in total. The van der Waals surface area contributed by atoms with Gasteiger partial charge < -0.3 is 9.88 Å². The van der Waals surface area contributed by atoms with Crippen molar-refractivity contribution in [3.05, 3.63) is 64.3 Å². The SMILES string of the molecule is CC.CNC(=O)c1nccn(Cc2ccccc2)c1=O.[HH]. The number of carbonyl (C=O) groups is 1. The molecule has 5 heteroatoms. The summed E-state index contributed by atoms with van der Waals surface area (Å²) >= 11 is 0. The van der Waals surface area contributed by atoms with E-state index in [9.17, 15) is 9.59 Å². The van der Waals surface area contributed by atoms with Gasteiger partial charge in [-0.3, -0.25) is 9.59 Å². The molecule has 0 radical (unpaired) electrons. The van der Waals surface area contributed by atoms with Crippen LogP contribution in [-0.2, 0) is 6.54 Å². The smallest absolute Gasteiger partial charge is 0.282 e. The third-order valence-corrected chi connectivity index (χ3v) is 2.55. The Bertz CT molecular complexity index is 612. The monoisotopic (exact) mass is 275 g/mol. The van der Waals surface area contributed by atoms with Gasteiger partial charge in [-0.2, -0.15) is 0 Å². The highest BCUT2D eigenvalue weighted by atomic mass is 16.2. The van der Waals surface area contributed by atoms with E-state index in [1.54, 1.807) is 6.20 Å². The van der Waals surface area contributed by atoms with Crippen LogP contribution in [0.4, 0.5) is 0 Å². The lowest BCUT2D eigenvalue weighted by Crippen LogP contribution is -2.32. The molecular weight excluding hydrogens is 254 g/mol. The highest BCUT2D eigenvalue weighted by molar-refractivity contribution is 5.91. The Morgan fingerprint density at radius 2 is 1.95 bits per heavy atom. The van der Waals surface area contributed by atoms with E-state index < -0.39 is 5.91 Å². The Labute approximate surface area is 119 Å². The molecule has 0 aliphatic heterocycles. The minimum atomic E-state index is -0.470. The zero-order valence-corrected chi connectivity index (χ0v) is 12.0. The Kier molecular flexibility index (Phi) is 6.16. The van der Waals surface area contributed by atoms with E-state index in [0.29, 0.717) is 6.54 Å². The molecule has 0 aliphatic rings. The molecule has 0 bridgehead atoms. The van der Waals surface area contributed by atoms with Crippen LogP contribution in [0, 0.1) is 0 Å². The maximum absolute atomic E-state index is 12.0. The lowest BCUT2D eigenvalue weighted by Gasteiger charge is -2.06. The normalized spacial score (nSPS) is 9.35. The lowest BCUT2D eigenvalue weighted by molar-refractivity contribution is 0.0956. The van der Waals surface area contributed by atoms with E-state index in [1.807, 2.05) is 44.2 Å². The molecule has 1 heterocycles. The standard InChI is InChI=1S/C13H13N3O2.C2H6.H2/c1-14-12(17)11-13(18)16(8-7-15-11)9-10-5-3-2-4-6-10;1-2;/h2-8H,9H2,1H3,(H,14,17);1-2H3;1H. The van der Waals surface area contributed by atoms with Gasteiger partial charge in [0.15, 0.2) is 5.69 Å². The first-order valence-electron chi connectivity index (χ1n) is 6.54. The van der Waals surface area contributed by atoms with Crippen LogP contribution < -0.4 is 10.9 Å². The zero-order valence-electron chi connectivity index (χ0n) is 12.0. The second-order valence-corrected chi connectivity index (χ2v) is 3.77. The third-order valence-electron chi connectivity index (χ3n) is 2.55. The summed E-state index contributed by atoms with van der Waals surface area (Å²) in [6.45, 7) is 4.42. The van der Waals surface area contributed by atoms with Crippen molar-refractivity contribution < 1.29 is 6.22 Å². The molecule has 0 spiro atoms. The fourth-order valence-corrected chi connectivity index (χ4v) is 1.63. The van der Waals surface area contributed by atoms with Gasteiger partial charge in [-0.25, -0.2) is 4.98 Å². The van der Waals surface area contributed by atoms with E-state index in [-0.39, 0.29) is 12.7 Å². The molecule has 1 amide bonds. The number of hydrogen-bond donors (Lipinski definition) is 1. The van der Waals surface area contributed by atoms with Gasteiger partial charge in [-0.05, 0) is 5.56 Å². The van der Waals surface area contributed by atoms with Crippen molar-refractivity contribution in [3.8, 4) is 0 Å². The minimum Gasteiger partial charge on any atom is -0.354 e. The topological polar surface area (TPSA) is 64.0 Å². The van der Waals surface area contributed by atoms with Gasteiger partial charge in [0, 0.05) is 20.9 Å². The summed E-state index contributed by atoms with van der Waals surface area (Å²) < 4.78 is 1.47. The summed E-state index contributed by atoms with van der Waals surface area (Å²) in [5.41, 5.74) is 0.519. The summed E-state index contributed by atoms with van der Waals surface area (Å²) in [4.78, 5) is 27.3. The molecule has 0 unspecified atom stereocenters. The van der Waals surface area contributed by atoms with Crippen molar-refractivity contribution in [2.24, 2.45) is 0 Å². The number of aromatic nitrogens is 2.